The van der Waals surface area contributed by atoms with Gasteiger partial charge in [-0.1, -0.05) is 23.7 Å². The minimum absolute atomic E-state index is 0.0579. The molecule has 1 atom stereocenters. The molecular formula is C12H17ClN2O. The first-order valence-electron chi connectivity index (χ1n) is 5.31. The van der Waals surface area contributed by atoms with Gasteiger partial charge in [0.1, 0.15) is 0 Å². The van der Waals surface area contributed by atoms with Crippen LogP contribution in [0.1, 0.15) is 32.4 Å². The molecule has 0 saturated carbocycles. The van der Waals surface area contributed by atoms with E-state index in [9.17, 15) is 4.79 Å². The number of hydrogen-bond acceptors (Lipinski definition) is 1. The van der Waals surface area contributed by atoms with Gasteiger partial charge in [0.25, 0.3) is 0 Å². The highest BCUT2D eigenvalue weighted by molar-refractivity contribution is 6.30. The van der Waals surface area contributed by atoms with Gasteiger partial charge in [-0.3, -0.25) is 0 Å². The summed E-state index contributed by atoms with van der Waals surface area (Å²) in [5, 5.41) is 6.30. The fourth-order valence-electron chi connectivity index (χ4n) is 1.36. The molecule has 1 unspecified atom stereocenters. The lowest BCUT2D eigenvalue weighted by Crippen LogP contribution is -2.40. The zero-order chi connectivity index (χ0) is 12.1. The van der Waals surface area contributed by atoms with Crippen LogP contribution in [0.15, 0.2) is 24.3 Å². The van der Waals surface area contributed by atoms with Crippen molar-refractivity contribution < 1.29 is 4.79 Å². The normalized spacial score (nSPS) is 12.3. The molecule has 2 amide bonds. The smallest absolute Gasteiger partial charge is 0.315 e. The Morgan fingerprint density at radius 1 is 1.25 bits per heavy atom. The van der Waals surface area contributed by atoms with Crippen LogP contribution in [0, 0.1) is 0 Å². The maximum Gasteiger partial charge on any atom is 0.315 e. The average Bonchev–Trinajstić information content (AvgIpc) is 2.16. The molecule has 0 bridgehead atoms. The van der Waals surface area contributed by atoms with Crippen LogP contribution in [0.5, 0.6) is 0 Å². The summed E-state index contributed by atoms with van der Waals surface area (Å²) in [5.41, 5.74) is 0.992. The molecule has 0 aliphatic carbocycles. The summed E-state index contributed by atoms with van der Waals surface area (Å²) in [6, 6.07) is 7.38. The molecule has 1 rings (SSSR count). The lowest BCUT2D eigenvalue weighted by molar-refractivity contribution is 0.235. The van der Waals surface area contributed by atoms with Gasteiger partial charge in [0.15, 0.2) is 0 Å². The molecule has 0 aromatic heterocycles. The number of halogens is 1. The van der Waals surface area contributed by atoms with E-state index in [1.54, 1.807) is 0 Å². The van der Waals surface area contributed by atoms with Crippen LogP contribution >= 0.6 is 11.6 Å². The van der Waals surface area contributed by atoms with Gasteiger partial charge in [0, 0.05) is 11.1 Å². The van der Waals surface area contributed by atoms with E-state index in [4.69, 9.17) is 11.6 Å². The molecule has 0 spiro atoms. The number of nitrogens with one attached hydrogen (secondary N) is 2. The van der Waals surface area contributed by atoms with Crippen LogP contribution in [0.4, 0.5) is 4.79 Å². The fraction of sp³-hybridized carbons (Fsp3) is 0.417. The number of hydrogen-bond donors (Lipinski definition) is 2. The lowest BCUT2D eigenvalue weighted by Gasteiger charge is -2.16. The Kier molecular flexibility index (Phi) is 4.62. The van der Waals surface area contributed by atoms with Crippen LogP contribution in [0.3, 0.4) is 0 Å². The Morgan fingerprint density at radius 2 is 1.94 bits per heavy atom. The predicted molar refractivity (Wildman–Crippen MR) is 66.7 cm³/mol. The first kappa shape index (κ1) is 12.8. The summed E-state index contributed by atoms with van der Waals surface area (Å²) < 4.78 is 0. The zero-order valence-electron chi connectivity index (χ0n) is 9.75. The number of amides is 2. The first-order chi connectivity index (χ1) is 7.49. The van der Waals surface area contributed by atoms with Crippen LogP contribution in [0.2, 0.25) is 5.02 Å². The van der Waals surface area contributed by atoms with Gasteiger partial charge >= 0.3 is 6.03 Å². The van der Waals surface area contributed by atoms with E-state index < -0.39 is 0 Å². The van der Waals surface area contributed by atoms with E-state index in [1.165, 1.54) is 0 Å². The zero-order valence-corrected chi connectivity index (χ0v) is 10.5. The van der Waals surface area contributed by atoms with Crippen molar-refractivity contribution in [1.82, 2.24) is 10.6 Å². The molecule has 16 heavy (non-hydrogen) atoms. The van der Waals surface area contributed by atoms with E-state index in [-0.39, 0.29) is 18.1 Å². The topological polar surface area (TPSA) is 41.1 Å². The SMILES string of the molecule is CC(C)NC(=O)NC(C)c1cccc(Cl)c1. The Labute approximate surface area is 101 Å². The largest absolute Gasteiger partial charge is 0.336 e. The van der Waals surface area contributed by atoms with Crippen molar-refractivity contribution in [3.63, 3.8) is 0 Å². The Bertz CT molecular complexity index is 366. The molecule has 88 valence electrons. The Balaban J connectivity index is 2.58. The molecule has 0 heterocycles. The van der Waals surface area contributed by atoms with Gasteiger partial charge in [-0.15, -0.1) is 0 Å². The quantitative estimate of drug-likeness (QED) is 0.838. The van der Waals surface area contributed by atoms with Crippen molar-refractivity contribution in [2.45, 2.75) is 32.9 Å². The summed E-state index contributed by atoms with van der Waals surface area (Å²) in [5.74, 6) is 0. The third kappa shape index (κ3) is 4.11. The highest BCUT2D eigenvalue weighted by atomic mass is 35.5. The second-order valence-corrected chi connectivity index (χ2v) is 4.49. The summed E-state index contributed by atoms with van der Waals surface area (Å²) >= 11 is 5.88. The van der Waals surface area contributed by atoms with Crippen LogP contribution < -0.4 is 10.6 Å². The van der Waals surface area contributed by atoms with Gasteiger partial charge in [-0.05, 0) is 38.5 Å². The van der Waals surface area contributed by atoms with Gasteiger partial charge < -0.3 is 10.6 Å². The highest BCUT2D eigenvalue weighted by Gasteiger charge is 2.09. The summed E-state index contributed by atoms with van der Waals surface area (Å²) in [6.45, 7) is 5.76. The maximum atomic E-state index is 11.5. The molecular weight excluding hydrogens is 224 g/mol. The molecule has 0 aliphatic heterocycles. The van der Waals surface area contributed by atoms with Crippen molar-refractivity contribution in [1.29, 1.82) is 0 Å². The molecule has 0 aliphatic rings. The highest BCUT2D eigenvalue weighted by Crippen LogP contribution is 2.16. The average molecular weight is 241 g/mol. The van der Waals surface area contributed by atoms with E-state index in [0.717, 1.165) is 5.56 Å². The van der Waals surface area contributed by atoms with E-state index in [1.807, 2.05) is 45.0 Å². The molecule has 2 N–H and O–H groups in total. The summed E-state index contributed by atoms with van der Waals surface area (Å²) in [6.07, 6.45) is 0. The molecule has 1 aromatic carbocycles. The van der Waals surface area contributed by atoms with Crippen molar-refractivity contribution >= 4 is 17.6 Å². The van der Waals surface area contributed by atoms with Crippen LogP contribution in [0.25, 0.3) is 0 Å². The molecule has 3 nitrogen and oxygen atoms in total. The lowest BCUT2D eigenvalue weighted by atomic mass is 10.1. The number of benzene rings is 1. The number of urea groups is 1. The van der Waals surface area contributed by atoms with E-state index in [2.05, 4.69) is 10.6 Å². The van der Waals surface area contributed by atoms with Crippen molar-refractivity contribution in [3.8, 4) is 0 Å². The summed E-state index contributed by atoms with van der Waals surface area (Å²) in [7, 11) is 0. The van der Waals surface area contributed by atoms with Gasteiger partial charge in [0.2, 0.25) is 0 Å². The van der Waals surface area contributed by atoms with E-state index in [0.29, 0.717) is 5.02 Å². The second kappa shape index (κ2) is 5.75. The third-order valence-corrected chi connectivity index (χ3v) is 2.35. The number of carbonyl (C=O) groups is 1. The fourth-order valence-corrected chi connectivity index (χ4v) is 1.56. The molecule has 0 fully saturated rings. The Morgan fingerprint density at radius 3 is 2.50 bits per heavy atom. The van der Waals surface area contributed by atoms with Crippen molar-refractivity contribution in [2.24, 2.45) is 0 Å². The van der Waals surface area contributed by atoms with Gasteiger partial charge in [0.05, 0.1) is 6.04 Å². The summed E-state index contributed by atoms with van der Waals surface area (Å²) in [4.78, 5) is 11.5. The number of rotatable bonds is 3. The maximum absolute atomic E-state index is 11.5. The second-order valence-electron chi connectivity index (χ2n) is 4.05. The van der Waals surface area contributed by atoms with E-state index >= 15 is 0 Å². The third-order valence-electron chi connectivity index (χ3n) is 2.12. The predicted octanol–water partition coefficient (Wildman–Crippen LogP) is 3.11. The molecule has 0 saturated heterocycles. The Hall–Kier alpha value is -1.22. The van der Waals surface area contributed by atoms with Crippen molar-refractivity contribution in [3.05, 3.63) is 34.9 Å². The minimum atomic E-state index is -0.164. The van der Waals surface area contributed by atoms with Crippen LogP contribution in [-0.2, 0) is 0 Å². The molecule has 0 radical (unpaired) electrons. The van der Waals surface area contributed by atoms with Crippen LogP contribution in [-0.4, -0.2) is 12.1 Å². The molecule has 1 aromatic rings. The number of carbonyl (C=O) groups excluding carboxylic acids is 1. The minimum Gasteiger partial charge on any atom is -0.336 e. The molecule has 4 heteroatoms. The van der Waals surface area contributed by atoms with Crippen molar-refractivity contribution in [2.75, 3.05) is 0 Å². The van der Waals surface area contributed by atoms with Gasteiger partial charge in [-0.25, -0.2) is 4.79 Å². The standard InChI is InChI=1S/C12H17ClN2O/c1-8(2)14-12(16)15-9(3)10-5-4-6-11(13)7-10/h4-9H,1-3H3,(H2,14,15,16). The monoisotopic (exact) mass is 240 g/mol. The van der Waals surface area contributed by atoms with Gasteiger partial charge in [-0.2, -0.15) is 0 Å². The first-order valence-corrected chi connectivity index (χ1v) is 5.69.